The second-order valence-corrected chi connectivity index (χ2v) is 8.26. The SMILES string of the molecule is Cc1ccc2c(c1)CCCC2C1CCN(CCc2ccc(F)cc2)CC1. The Balaban J connectivity index is 1.32. The lowest BCUT2D eigenvalue weighted by atomic mass is 9.72. The van der Waals surface area contributed by atoms with Gasteiger partial charge in [0.15, 0.2) is 0 Å². The summed E-state index contributed by atoms with van der Waals surface area (Å²) in [6.45, 7) is 5.73. The first-order valence-electron chi connectivity index (χ1n) is 10.3. The third kappa shape index (κ3) is 4.01. The minimum absolute atomic E-state index is 0.141. The van der Waals surface area contributed by atoms with E-state index >= 15 is 0 Å². The van der Waals surface area contributed by atoms with Crippen molar-refractivity contribution < 1.29 is 4.39 Å². The van der Waals surface area contributed by atoms with E-state index in [0.29, 0.717) is 0 Å². The number of fused-ring (bicyclic) bond motifs is 1. The molecule has 0 saturated carbocycles. The fraction of sp³-hybridized carbons (Fsp3) is 0.500. The standard InChI is InChI=1S/C24H30FN/c1-18-5-10-24-21(17-18)3-2-4-23(24)20-12-15-26(16-13-20)14-11-19-6-8-22(25)9-7-19/h5-10,17,20,23H,2-4,11-16H2,1H3. The Kier molecular flexibility index (Phi) is 5.40. The summed E-state index contributed by atoms with van der Waals surface area (Å²) in [6.07, 6.45) is 7.66. The topological polar surface area (TPSA) is 3.24 Å². The molecule has 0 spiro atoms. The second-order valence-electron chi connectivity index (χ2n) is 8.26. The van der Waals surface area contributed by atoms with E-state index in [1.54, 1.807) is 23.3 Å². The Morgan fingerprint density at radius 1 is 1.00 bits per heavy atom. The van der Waals surface area contributed by atoms with Crippen LogP contribution in [0.2, 0.25) is 0 Å². The number of aryl methyl sites for hydroxylation is 2. The van der Waals surface area contributed by atoms with Gasteiger partial charge in [0.1, 0.15) is 5.82 Å². The molecule has 2 aromatic rings. The lowest BCUT2D eigenvalue weighted by molar-refractivity contribution is 0.164. The van der Waals surface area contributed by atoms with E-state index in [9.17, 15) is 4.39 Å². The molecule has 0 amide bonds. The van der Waals surface area contributed by atoms with Gasteiger partial charge in [-0.1, -0.05) is 35.9 Å². The van der Waals surface area contributed by atoms with Crippen molar-refractivity contribution in [2.24, 2.45) is 5.92 Å². The van der Waals surface area contributed by atoms with Crippen molar-refractivity contribution in [2.45, 2.75) is 51.4 Å². The first kappa shape index (κ1) is 17.7. The molecular formula is C24H30FN. The van der Waals surface area contributed by atoms with Gasteiger partial charge in [-0.15, -0.1) is 0 Å². The van der Waals surface area contributed by atoms with Crippen LogP contribution in [0.1, 0.15) is 53.9 Å². The summed E-state index contributed by atoms with van der Waals surface area (Å²) in [7, 11) is 0. The smallest absolute Gasteiger partial charge is 0.123 e. The molecule has 1 aliphatic heterocycles. The highest BCUT2D eigenvalue weighted by molar-refractivity contribution is 5.36. The summed E-state index contributed by atoms with van der Waals surface area (Å²) < 4.78 is 13.0. The van der Waals surface area contributed by atoms with Gasteiger partial charge in [0.2, 0.25) is 0 Å². The predicted molar refractivity (Wildman–Crippen MR) is 106 cm³/mol. The van der Waals surface area contributed by atoms with Crippen LogP contribution in [0.3, 0.4) is 0 Å². The van der Waals surface area contributed by atoms with Crippen LogP contribution in [0.15, 0.2) is 42.5 Å². The van der Waals surface area contributed by atoms with Gasteiger partial charge in [-0.25, -0.2) is 4.39 Å². The van der Waals surface area contributed by atoms with Crippen LogP contribution in [0.5, 0.6) is 0 Å². The van der Waals surface area contributed by atoms with E-state index < -0.39 is 0 Å². The molecule has 1 atom stereocenters. The molecule has 0 radical (unpaired) electrons. The van der Waals surface area contributed by atoms with Crippen molar-refractivity contribution in [3.05, 3.63) is 70.5 Å². The molecule has 1 heterocycles. The van der Waals surface area contributed by atoms with E-state index in [1.165, 1.54) is 56.3 Å². The quantitative estimate of drug-likeness (QED) is 0.702. The second kappa shape index (κ2) is 7.92. The molecule has 26 heavy (non-hydrogen) atoms. The van der Waals surface area contributed by atoms with Crippen LogP contribution < -0.4 is 0 Å². The molecule has 1 unspecified atom stereocenters. The minimum Gasteiger partial charge on any atom is -0.303 e. The summed E-state index contributed by atoms with van der Waals surface area (Å²) in [6, 6.07) is 14.1. The molecule has 0 aromatic heterocycles. The Labute approximate surface area is 157 Å². The zero-order valence-corrected chi connectivity index (χ0v) is 15.9. The summed E-state index contributed by atoms with van der Waals surface area (Å²) >= 11 is 0. The molecule has 2 heteroatoms. The van der Waals surface area contributed by atoms with E-state index in [0.717, 1.165) is 24.8 Å². The maximum Gasteiger partial charge on any atom is 0.123 e. The fourth-order valence-electron chi connectivity index (χ4n) is 4.99. The zero-order chi connectivity index (χ0) is 17.9. The molecule has 0 N–H and O–H groups in total. The van der Waals surface area contributed by atoms with E-state index in [4.69, 9.17) is 0 Å². The largest absolute Gasteiger partial charge is 0.303 e. The average Bonchev–Trinajstić information content (AvgIpc) is 2.67. The highest BCUT2D eigenvalue weighted by Gasteiger charge is 2.30. The summed E-state index contributed by atoms with van der Waals surface area (Å²) in [5, 5.41) is 0. The Morgan fingerprint density at radius 2 is 1.77 bits per heavy atom. The van der Waals surface area contributed by atoms with Gasteiger partial charge in [0, 0.05) is 6.54 Å². The Hall–Kier alpha value is -1.67. The highest BCUT2D eigenvalue weighted by Crippen LogP contribution is 2.41. The number of benzene rings is 2. The third-order valence-corrected chi connectivity index (χ3v) is 6.49. The van der Waals surface area contributed by atoms with E-state index in [-0.39, 0.29) is 5.82 Å². The molecule has 1 nitrogen and oxygen atoms in total. The predicted octanol–water partition coefficient (Wildman–Crippen LogP) is 5.51. The van der Waals surface area contributed by atoms with Crippen molar-refractivity contribution >= 4 is 0 Å². The normalized spacial score (nSPS) is 21.5. The van der Waals surface area contributed by atoms with Crippen molar-refractivity contribution in [1.82, 2.24) is 4.90 Å². The monoisotopic (exact) mass is 351 g/mol. The maximum absolute atomic E-state index is 13.0. The zero-order valence-electron chi connectivity index (χ0n) is 15.9. The first-order valence-corrected chi connectivity index (χ1v) is 10.3. The number of nitrogens with zero attached hydrogens (tertiary/aromatic N) is 1. The van der Waals surface area contributed by atoms with Crippen LogP contribution in [0, 0.1) is 18.7 Å². The van der Waals surface area contributed by atoms with Crippen LogP contribution in [0.25, 0.3) is 0 Å². The molecule has 2 aliphatic rings. The van der Waals surface area contributed by atoms with Crippen LogP contribution >= 0.6 is 0 Å². The van der Waals surface area contributed by atoms with E-state index in [1.807, 2.05) is 12.1 Å². The minimum atomic E-state index is -0.141. The Bertz CT molecular complexity index is 728. The molecule has 4 rings (SSSR count). The summed E-state index contributed by atoms with van der Waals surface area (Å²) in [4.78, 5) is 2.60. The van der Waals surface area contributed by atoms with Gasteiger partial charge >= 0.3 is 0 Å². The van der Waals surface area contributed by atoms with Gasteiger partial charge in [0.25, 0.3) is 0 Å². The molecular weight excluding hydrogens is 321 g/mol. The maximum atomic E-state index is 13.0. The van der Waals surface area contributed by atoms with Crippen LogP contribution in [0.4, 0.5) is 4.39 Å². The number of hydrogen-bond donors (Lipinski definition) is 0. The van der Waals surface area contributed by atoms with Crippen molar-refractivity contribution in [3.8, 4) is 0 Å². The number of halogens is 1. The molecule has 2 aromatic carbocycles. The molecule has 1 saturated heterocycles. The first-order chi connectivity index (χ1) is 12.7. The molecule has 1 aliphatic carbocycles. The Morgan fingerprint density at radius 3 is 2.54 bits per heavy atom. The van der Waals surface area contributed by atoms with Crippen LogP contribution in [-0.4, -0.2) is 24.5 Å². The van der Waals surface area contributed by atoms with E-state index in [2.05, 4.69) is 30.0 Å². The lowest BCUT2D eigenvalue weighted by Gasteiger charge is -2.38. The van der Waals surface area contributed by atoms with Crippen molar-refractivity contribution in [1.29, 1.82) is 0 Å². The summed E-state index contributed by atoms with van der Waals surface area (Å²) in [5.74, 6) is 1.48. The number of piperidine rings is 1. The van der Waals surface area contributed by atoms with Gasteiger partial charge in [-0.2, -0.15) is 0 Å². The molecule has 0 bridgehead atoms. The van der Waals surface area contributed by atoms with Gasteiger partial charge in [0.05, 0.1) is 0 Å². The summed E-state index contributed by atoms with van der Waals surface area (Å²) in [5.41, 5.74) is 5.90. The number of likely N-dealkylation sites (tertiary alicyclic amines) is 1. The van der Waals surface area contributed by atoms with Crippen molar-refractivity contribution in [3.63, 3.8) is 0 Å². The fourth-order valence-corrected chi connectivity index (χ4v) is 4.99. The van der Waals surface area contributed by atoms with Gasteiger partial charge < -0.3 is 4.90 Å². The lowest BCUT2D eigenvalue weighted by Crippen LogP contribution is -2.37. The molecule has 1 fully saturated rings. The van der Waals surface area contributed by atoms with Crippen LogP contribution in [-0.2, 0) is 12.8 Å². The average molecular weight is 352 g/mol. The number of hydrogen-bond acceptors (Lipinski definition) is 1. The van der Waals surface area contributed by atoms with Crippen molar-refractivity contribution in [2.75, 3.05) is 19.6 Å². The third-order valence-electron chi connectivity index (χ3n) is 6.49. The number of rotatable bonds is 4. The molecule has 138 valence electrons. The van der Waals surface area contributed by atoms with Gasteiger partial charge in [-0.3, -0.25) is 0 Å². The highest BCUT2D eigenvalue weighted by atomic mass is 19.1. The van der Waals surface area contributed by atoms with Gasteiger partial charge in [-0.05, 0) is 99.2 Å².